The van der Waals surface area contributed by atoms with Crippen LogP contribution in [0.1, 0.15) is 56.7 Å². The molecule has 0 unspecified atom stereocenters. The maximum Gasteiger partial charge on any atom is 0.243 e. The third-order valence-electron chi connectivity index (χ3n) is 6.05. The maximum atomic E-state index is 13.5. The van der Waals surface area contributed by atoms with Gasteiger partial charge in [-0.2, -0.15) is 0 Å². The fourth-order valence-corrected chi connectivity index (χ4v) is 5.15. The van der Waals surface area contributed by atoms with Gasteiger partial charge in [0.25, 0.3) is 0 Å². The Hall–Kier alpha value is -2.58. The number of nitrogens with one attached hydrogen (secondary N) is 1. The van der Waals surface area contributed by atoms with Crippen LogP contribution >= 0.6 is 11.6 Å². The Kier molecular flexibility index (Phi) is 10.8. The number of carbonyl (C=O) groups excluding carboxylic acids is 2. The van der Waals surface area contributed by atoms with Crippen molar-refractivity contribution in [2.75, 3.05) is 17.1 Å². The summed E-state index contributed by atoms with van der Waals surface area (Å²) in [6.07, 6.45) is 2.00. The average Bonchev–Trinajstić information content (AvgIpc) is 2.78. The van der Waals surface area contributed by atoms with E-state index in [1.807, 2.05) is 65.0 Å². The molecule has 2 aromatic carbocycles. The van der Waals surface area contributed by atoms with E-state index in [0.29, 0.717) is 23.6 Å². The molecule has 0 heterocycles. The highest BCUT2D eigenvalue weighted by Crippen LogP contribution is 2.23. The molecule has 0 radical (unpaired) electrons. The zero-order chi connectivity index (χ0) is 27.0. The largest absolute Gasteiger partial charge is 0.352 e. The van der Waals surface area contributed by atoms with Crippen LogP contribution in [0.2, 0.25) is 5.02 Å². The predicted octanol–water partition coefficient (Wildman–Crippen LogP) is 4.84. The van der Waals surface area contributed by atoms with Crippen LogP contribution in [0, 0.1) is 13.8 Å². The molecule has 0 bridgehead atoms. The lowest BCUT2D eigenvalue weighted by Gasteiger charge is -2.32. The summed E-state index contributed by atoms with van der Waals surface area (Å²) >= 11 is 6.36. The minimum Gasteiger partial charge on any atom is -0.352 e. The number of benzene rings is 2. The van der Waals surface area contributed by atoms with Crippen molar-refractivity contribution in [3.8, 4) is 0 Å². The van der Waals surface area contributed by atoms with Gasteiger partial charge < -0.3 is 10.2 Å². The summed E-state index contributed by atoms with van der Waals surface area (Å²) in [5.41, 5.74) is 3.38. The summed E-state index contributed by atoms with van der Waals surface area (Å²) < 4.78 is 26.4. The quantitative estimate of drug-likeness (QED) is 0.421. The third-order valence-corrected chi connectivity index (χ3v) is 7.61. The van der Waals surface area contributed by atoms with Crippen LogP contribution in [0.25, 0.3) is 0 Å². The molecule has 2 rings (SSSR count). The van der Waals surface area contributed by atoms with E-state index in [1.165, 1.54) is 4.31 Å². The minimum absolute atomic E-state index is 0.0647. The highest BCUT2D eigenvalue weighted by atomic mass is 35.5. The summed E-state index contributed by atoms with van der Waals surface area (Å²) in [6.45, 7) is 9.85. The van der Waals surface area contributed by atoms with Crippen LogP contribution < -0.4 is 9.62 Å². The molecular weight excluding hydrogens is 498 g/mol. The number of rotatable bonds is 12. The number of amides is 2. The summed E-state index contributed by atoms with van der Waals surface area (Å²) in [5, 5.41) is 3.42. The summed E-state index contributed by atoms with van der Waals surface area (Å²) in [4.78, 5) is 27.9. The van der Waals surface area contributed by atoms with Gasteiger partial charge in [-0.05, 0) is 75.4 Å². The first-order valence-corrected chi connectivity index (χ1v) is 14.5. The summed E-state index contributed by atoms with van der Waals surface area (Å²) in [7, 11) is -3.54. The fourth-order valence-electron chi connectivity index (χ4n) is 3.99. The predicted molar refractivity (Wildman–Crippen MR) is 147 cm³/mol. The molecule has 7 nitrogen and oxygen atoms in total. The van der Waals surface area contributed by atoms with E-state index in [1.54, 1.807) is 17.0 Å². The molecule has 0 spiro atoms. The van der Waals surface area contributed by atoms with Gasteiger partial charge in [0.1, 0.15) is 6.04 Å². The number of hydrogen-bond donors (Lipinski definition) is 1. The standard InChI is InChI=1S/C27H38ClN3O4S/c1-7-25(27(33)29-19(2)3)30(18-22-11-8-9-12-24(22)28)26(32)13-10-16-31(36(6,34)35)23-15-14-20(4)21(5)17-23/h8-9,11-12,14-15,17,19,25H,7,10,13,16,18H2,1-6H3,(H,29,33)/t25-/m0/s1. The molecule has 0 aliphatic rings. The lowest BCUT2D eigenvalue weighted by Crippen LogP contribution is -2.50. The van der Waals surface area contributed by atoms with Crippen molar-refractivity contribution in [2.45, 2.75) is 72.5 Å². The molecule has 0 saturated carbocycles. The zero-order valence-electron chi connectivity index (χ0n) is 22.0. The van der Waals surface area contributed by atoms with E-state index in [-0.39, 0.29) is 37.4 Å². The lowest BCUT2D eigenvalue weighted by atomic mass is 10.1. The van der Waals surface area contributed by atoms with Gasteiger partial charge in [0, 0.05) is 30.6 Å². The molecule has 0 aliphatic heterocycles. The Morgan fingerprint density at radius 3 is 2.28 bits per heavy atom. The Morgan fingerprint density at radius 1 is 1.06 bits per heavy atom. The van der Waals surface area contributed by atoms with E-state index < -0.39 is 16.1 Å². The normalized spacial score (nSPS) is 12.3. The van der Waals surface area contributed by atoms with Crippen LogP contribution in [0.3, 0.4) is 0 Å². The molecule has 1 atom stereocenters. The molecule has 2 aromatic rings. The van der Waals surface area contributed by atoms with Gasteiger partial charge in [0.2, 0.25) is 21.8 Å². The van der Waals surface area contributed by atoms with Crippen molar-refractivity contribution in [3.05, 3.63) is 64.2 Å². The van der Waals surface area contributed by atoms with Crippen LogP contribution in [0.4, 0.5) is 5.69 Å². The number of aryl methyl sites for hydroxylation is 2. The molecule has 2 amide bonds. The summed E-state index contributed by atoms with van der Waals surface area (Å²) in [6, 6.07) is 12.0. The number of nitrogens with zero attached hydrogens (tertiary/aromatic N) is 2. The lowest BCUT2D eigenvalue weighted by molar-refractivity contribution is -0.141. The Bertz CT molecular complexity index is 1170. The van der Waals surface area contributed by atoms with Crippen LogP contribution in [0.5, 0.6) is 0 Å². The molecule has 1 N–H and O–H groups in total. The third kappa shape index (κ3) is 8.23. The minimum atomic E-state index is -3.54. The Morgan fingerprint density at radius 2 is 1.72 bits per heavy atom. The van der Waals surface area contributed by atoms with E-state index in [2.05, 4.69) is 5.32 Å². The van der Waals surface area contributed by atoms with Gasteiger partial charge in [0.05, 0.1) is 11.9 Å². The summed E-state index contributed by atoms with van der Waals surface area (Å²) in [5.74, 6) is -0.449. The molecule has 0 saturated heterocycles. The SMILES string of the molecule is CC[C@@H](C(=O)NC(C)C)N(Cc1ccccc1Cl)C(=O)CCCN(c1ccc(C)c(C)c1)S(C)(=O)=O. The van der Waals surface area contributed by atoms with Crippen molar-refractivity contribution in [1.82, 2.24) is 10.2 Å². The van der Waals surface area contributed by atoms with E-state index in [4.69, 9.17) is 11.6 Å². The molecule has 9 heteroatoms. The van der Waals surface area contributed by atoms with Crippen molar-refractivity contribution < 1.29 is 18.0 Å². The topological polar surface area (TPSA) is 86.8 Å². The van der Waals surface area contributed by atoms with Gasteiger partial charge in [-0.25, -0.2) is 8.42 Å². The first kappa shape index (κ1) is 29.6. The van der Waals surface area contributed by atoms with Crippen molar-refractivity contribution >= 4 is 39.1 Å². The fraction of sp³-hybridized carbons (Fsp3) is 0.481. The Labute approximate surface area is 220 Å². The van der Waals surface area contributed by atoms with Gasteiger partial charge in [0.15, 0.2) is 0 Å². The number of carbonyl (C=O) groups is 2. The molecule has 198 valence electrons. The number of sulfonamides is 1. The van der Waals surface area contributed by atoms with Crippen molar-refractivity contribution in [2.24, 2.45) is 0 Å². The average molecular weight is 536 g/mol. The van der Waals surface area contributed by atoms with Crippen molar-refractivity contribution in [1.29, 1.82) is 0 Å². The van der Waals surface area contributed by atoms with Gasteiger partial charge in [-0.15, -0.1) is 0 Å². The zero-order valence-corrected chi connectivity index (χ0v) is 23.6. The molecule has 0 aromatic heterocycles. The van der Waals surface area contributed by atoms with E-state index in [0.717, 1.165) is 22.9 Å². The second-order valence-electron chi connectivity index (χ2n) is 9.41. The second-order valence-corrected chi connectivity index (χ2v) is 11.7. The number of anilines is 1. The van der Waals surface area contributed by atoms with Gasteiger partial charge in [-0.1, -0.05) is 42.8 Å². The second kappa shape index (κ2) is 13.1. The van der Waals surface area contributed by atoms with Gasteiger partial charge >= 0.3 is 0 Å². The molecule has 0 fully saturated rings. The van der Waals surface area contributed by atoms with Crippen LogP contribution in [0.15, 0.2) is 42.5 Å². The highest BCUT2D eigenvalue weighted by Gasteiger charge is 2.29. The smallest absolute Gasteiger partial charge is 0.243 e. The van der Waals surface area contributed by atoms with Crippen molar-refractivity contribution in [3.63, 3.8) is 0 Å². The molecule has 36 heavy (non-hydrogen) atoms. The van der Waals surface area contributed by atoms with Crippen LogP contribution in [-0.4, -0.2) is 50.0 Å². The van der Waals surface area contributed by atoms with Crippen LogP contribution in [-0.2, 0) is 26.2 Å². The Balaban J connectivity index is 2.24. The number of halogens is 1. The highest BCUT2D eigenvalue weighted by molar-refractivity contribution is 7.92. The maximum absolute atomic E-state index is 13.5. The van der Waals surface area contributed by atoms with E-state index in [9.17, 15) is 18.0 Å². The van der Waals surface area contributed by atoms with Gasteiger partial charge in [-0.3, -0.25) is 13.9 Å². The molecular formula is C27H38ClN3O4S. The van der Waals surface area contributed by atoms with E-state index >= 15 is 0 Å². The first-order valence-electron chi connectivity index (χ1n) is 12.2. The number of hydrogen-bond acceptors (Lipinski definition) is 4. The molecule has 0 aliphatic carbocycles. The monoisotopic (exact) mass is 535 g/mol. The first-order chi connectivity index (χ1) is 16.8.